The minimum Gasteiger partial charge on any atom is -0.374 e. The first-order valence-corrected chi connectivity index (χ1v) is 6.72. The van der Waals surface area contributed by atoms with Gasteiger partial charge >= 0.3 is 6.18 Å². The van der Waals surface area contributed by atoms with Crippen molar-refractivity contribution < 1.29 is 18.3 Å². The van der Waals surface area contributed by atoms with Crippen LogP contribution in [0.2, 0.25) is 0 Å². The normalized spacial score (nSPS) is 16.9. The fourth-order valence-corrected chi connectivity index (χ4v) is 2.18. The number of hydrogen-bond acceptors (Lipinski definition) is 3. The van der Waals surface area contributed by atoms with Crippen LogP contribution in [0.25, 0.3) is 0 Å². The lowest BCUT2D eigenvalue weighted by Gasteiger charge is -2.30. The predicted molar refractivity (Wildman–Crippen MR) is 70.1 cm³/mol. The second-order valence-corrected chi connectivity index (χ2v) is 5.11. The average Bonchev–Trinajstić information content (AvgIpc) is 2.74. The molecule has 0 aliphatic carbocycles. The number of aliphatic hydroxyl groups is 1. The predicted octanol–water partition coefficient (Wildman–Crippen LogP) is 2.34. The number of imidazole rings is 1. The van der Waals surface area contributed by atoms with Crippen LogP contribution in [0.4, 0.5) is 13.2 Å². The van der Waals surface area contributed by atoms with Crippen LogP contribution < -0.4 is 5.32 Å². The lowest BCUT2D eigenvalue weighted by molar-refractivity contribution is -0.272. The molecule has 0 radical (unpaired) electrons. The van der Waals surface area contributed by atoms with Gasteiger partial charge in [0.2, 0.25) is 5.60 Å². The highest BCUT2D eigenvalue weighted by atomic mass is 19.4. The Balaban J connectivity index is 2.79. The number of nitrogens with zero attached hydrogens (tertiary/aromatic N) is 2. The van der Waals surface area contributed by atoms with E-state index in [0.29, 0.717) is 0 Å². The topological polar surface area (TPSA) is 50.1 Å². The van der Waals surface area contributed by atoms with Crippen LogP contribution in [0, 0.1) is 0 Å². The molecule has 0 amide bonds. The summed E-state index contributed by atoms with van der Waals surface area (Å²) < 4.78 is 40.8. The zero-order chi connectivity index (χ0) is 15.4. The van der Waals surface area contributed by atoms with E-state index in [2.05, 4.69) is 10.3 Å². The summed E-state index contributed by atoms with van der Waals surface area (Å²) in [6, 6.07) is 0.124. The summed E-state index contributed by atoms with van der Waals surface area (Å²) in [5.74, 6) is -0.380. The summed E-state index contributed by atoms with van der Waals surface area (Å²) in [4.78, 5) is 3.65. The Morgan fingerprint density at radius 1 is 1.45 bits per heavy atom. The van der Waals surface area contributed by atoms with Crippen molar-refractivity contribution in [2.45, 2.75) is 50.9 Å². The third-order valence-electron chi connectivity index (χ3n) is 3.36. The van der Waals surface area contributed by atoms with Crippen LogP contribution in [0.5, 0.6) is 0 Å². The summed E-state index contributed by atoms with van der Waals surface area (Å²) in [7, 11) is 1.44. The first-order valence-electron chi connectivity index (χ1n) is 6.72. The lowest BCUT2D eigenvalue weighted by atomic mass is 9.97. The van der Waals surface area contributed by atoms with Crippen LogP contribution in [0.1, 0.15) is 38.9 Å². The lowest BCUT2D eigenvalue weighted by Crippen LogP contribution is -2.46. The number of aromatic nitrogens is 2. The van der Waals surface area contributed by atoms with Crippen molar-refractivity contribution in [1.29, 1.82) is 0 Å². The van der Waals surface area contributed by atoms with Gasteiger partial charge in [-0.3, -0.25) is 0 Å². The molecule has 2 atom stereocenters. The van der Waals surface area contributed by atoms with Crippen LogP contribution in [0.3, 0.4) is 0 Å². The zero-order valence-electron chi connectivity index (χ0n) is 12.0. The van der Waals surface area contributed by atoms with Gasteiger partial charge in [0.1, 0.15) is 5.82 Å². The molecular formula is C13H22F3N3O. The first kappa shape index (κ1) is 17.0. The Morgan fingerprint density at radius 3 is 2.55 bits per heavy atom. The monoisotopic (exact) mass is 293 g/mol. The molecular weight excluding hydrogens is 271 g/mol. The Kier molecular flexibility index (Phi) is 5.59. The largest absolute Gasteiger partial charge is 0.424 e. The molecule has 0 aliphatic rings. The summed E-state index contributed by atoms with van der Waals surface area (Å²) >= 11 is 0. The molecule has 2 N–H and O–H groups in total. The van der Waals surface area contributed by atoms with Crippen molar-refractivity contribution in [3.8, 4) is 0 Å². The maximum atomic E-state index is 13.2. The average molecular weight is 293 g/mol. The molecule has 1 aromatic rings. The Hall–Kier alpha value is -1.08. The Bertz CT molecular complexity index is 419. The van der Waals surface area contributed by atoms with E-state index in [-0.39, 0.29) is 18.4 Å². The molecule has 0 aromatic carbocycles. The second kappa shape index (κ2) is 6.58. The van der Waals surface area contributed by atoms with E-state index in [1.165, 1.54) is 24.0 Å². The molecule has 1 aromatic heterocycles. The second-order valence-electron chi connectivity index (χ2n) is 5.11. The van der Waals surface area contributed by atoms with Crippen LogP contribution in [-0.4, -0.2) is 33.4 Å². The maximum Gasteiger partial charge on any atom is 0.424 e. The van der Waals surface area contributed by atoms with Gasteiger partial charge in [0.15, 0.2) is 0 Å². The molecule has 7 heteroatoms. The zero-order valence-corrected chi connectivity index (χ0v) is 12.0. The highest BCUT2D eigenvalue weighted by Crippen LogP contribution is 2.40. The highest BCUT2D eigenvalue weighted by molar-refractivity contribution is 5.08. The number of nitrogens with one attached hydrogen (secondary N) is 1. The third-order valence-corrected chi connectivity index (χ3v) is 3.36. The fraction of sp³-hybridized carbons (Fsp3) is 0.769. The van der Waals surface area contributed by atoms with Gasteiger partial charge in [-0.05, 0) is 19.9 Å². The molecule has 116 valence electrons. The van der Waals surface area contributed by atoms with Gasteiger partial charge in [-0.2, -0.15) is 13.2 Å². The van der Waals surface area contributed by atoms with Crippen molar-refractivity contribution in [2.24, 2.45) is 7.05 Å². The van der Waals surface area contributed by atoms with Crippen molar-refractivity contribution in [1.82, 2.24) is 14.9 Å². The van der Waals surface area contributed by atoms with Crippen molar-refractivity contribution >= 4 is 0 Å². The van der Waals surface area contributed by atoms with E-state index in [0.717, 1.165) is 12.8 Å². The number of hydrogen-bond donors (Lipinski definition) is 2. The van der Waals surface area contributed by atoms with Crippen molar-refractivity contribution in [2.75, 3.05) is 6.54 Å². The van der Waals surface area contributed by atoms with Crippen molar-refractivity contribution in [3.05, 3.63) is 18.2 Å². The summed E-state index contributed by atoms with van der Waals surface area (Å²) in [5.41, 5.74) is -2.93. The van der Waals surface area contributed by atoms with Crippen molar-refractivity contribution in [3.63, 3.8) is 0 Å². The third kappa shape index (κ3) is 3.73. The quantitative estimate of drug-likeness (QED) is 0.811. The van der Waals surface area contributed by atoms with Gasteiger partial charge in [0.25, 0.3) is 0 Å². The standard InChI is InChI=1S/C13H22F3N3O/c1-4-5-10(2)17-7-6-12(20,13(14,15)16)11-18-8-9-19(11)3/h8-10,17,20H,4-7H2,1-3H3. The summed E-state index contributed by atoms with van der Waals surface area (Å²) in [5, 5.41) is 13.1. The van der Waals surface area contributed by atoms with Gasteiger partial charge in [-0.1, -0.05) is 13.3 Å². The van der Waals surface area contributed by atoms with E-state index in [1.807, 2.05) is 13.8 Å². The Labute approximate surface area is 117 Å². The molecule has 0 bridgehead atoms. The summed E-state index contributed by atoms with van der Waals surface area (Å²) in [6.07, 6.45) is -0.751. The SMILES string of the molecule is CCCC(C)NCCC(O)(c1nccn1C)C(F)(F)F. The van der Waals surface area contributed by atoms with Gasteiger partial charge in [-0.25, -0.2) is 4.98 Å². The smallest absolute Gasteiger partial charge is 0.374 e. The molecule has 0 fully saturated rings. The summed E-state index contributed by atoms with van der Waals surface area (Å²) in [6.45, 7) is 4.00. The minimum atomic E-state index is -4.76. The van der Waals surface area contributed by atoms with E-state index < -0.39 is 18.2 Å². The molecule has 0 spiro atoms. The Morgan fingerprint density at radius 2 is 2.10 bits per heavy atom. The highest BCUT2D eigenvalue weighted by Gasteiger charge is 2.56. The molecule has 0 saturated carbocycles. The van der Waals surface area contributed by atoms with Gasteiger partial charge < -0.3 is 15.0 Å². The van der Waals surface area contributed by atoms with E-state index in [9.17, 15) is 18.3 Å². The number of rotatable bonds is 7. The molecule has 1 heterocycles. The van der Waals surface area contributed by atoms with E-state index >= 15 is 0 Å². The van der Waals surface area contributed by atoms with Crippen LogP contribution in [-0.2, 0) is 12.6 Å². The molecule has 2 unspecified atom stereocenters. The molecule has 0 saturated heterocycles. The number of alkyl halides is 3. The fourth-order valence-electron chi connectivity index (χ4n) is 2.18. The number of aryl methyl sites for hydroxylation is 1. The minimum absolute atomic E-state index is 0.0734. The van der Waals surface area contributed by atoms with Gasteiger partial charge in [0.05, 0.1) is 0 Å². The molecule has 0 aliphatic heterocycles. The molecule has 1 rings (SSSR count). The molecule has 4 nitrogen and oxygen atoms in total. The van der Waals surface area contributed by atoms with Crippen LogP contribution in [0.15, 0.2) is 12.4 Å². The van der Waals surface area contributed by atoms with Gasteiger partial charge in [-0.15, -0.1) is 0 Å². The van der Waals surface area contributed by atoms with Crippen LogP contribution >= 0.6 is 0 Å². The van der Waals surface area contributed by atoms with E-state index in [1.54, 1.807) is 0 Å². The first-order chi connectivity index (χ1) is 9.22. The van der Waals surface area contributed by atoms with Gasteiger partial charge in [0, 0.05) is 31.9 Å². The number of halogens is 3. The molecule has 20 heavy (non-hydrogen) atoms. The maximum absolute atomic E-state index is 13.2. The van der Waals surface area contributed by atoms with E-state index in [4.69, 9.17) is 0 Å².